The number of phenolic OH excluding ortho intramolecular Hbond substituents is 1. The second-order valence-corrected chi connectivity index (χ2v) is 6.35. The molecule has 2 amide bonds. The Morgan fingerprint density at radius 2 is 1.78 bits per heavy atom. The number of rotatable bonds is 9. The number of amides is 2. The Morgan fingerprint density at radius 1 is 1.19 bits per heavy atom. The minimum Gasteiger partial charge on any atom is -0.508 e. The summed E-state index contributed by atoms with van der Waals surface area (Å²) >= 11 is 0. The third kappa shape index (κ3) is 6.96. The van der Waals surface area contributed by atoms with Crippen molar-refractivity contribution in [1.82, 2.24) is 10.6 Å². The summed E-state index contributed by atoms with van der Waals surface area (Å²) < 4.78 is 4.77. The van der Waals surface area contributed by atoms with Gasteiger partial charge in [-0.2, -0.15) is 0 Å². The number of carbonyl (C=O) groups excluding carboxylic acids is 3. The number of esters is 1. The molecule has 1 aromatic carbocycles. The van der Waals surface area contributed by atoms with Crippen molar-refractivity contribution < 1.29 is 34.1 Å². The fourth-order valence-electron chi connectivity index (χ4n) is 2.56. The lowest BCUT2D eigenvalue weighted by atomic mass is 9.92. The molecule has 0 saturated carbocycles. The summed E-state index contributed by atoms with van der Waals surface area (Å²) in [5.41, 5.74) is -0.696. The van der Waals surface area contributed by atoms with Gasteiger partial charge in [0.1, 0.15) is 17.3 Å². The lowest BCUT2D eigenvalue weighted by molar-refractivity contribution is -0.150. The summed E-state index contributed by atoms with van der Waals surface area (Å²) in [4.78, 5) is 46.6. The predicted octanol–water partition coefficient (Wildman–Crippen LogP) is 0.352. The first-order valence-corrected chi connectivity index (χ1v) is 8.24. The quantitative estimate of drug-likeness (QED) is 0.453. The molecule has 0 saturated heterocycles. The van der Waals surface area contributed by atoms with Crippen LogP contribution in [0.3, 0.4) is 0 Å². The number of hydrogen-bond donors (Lipinski definition) is 4. The first-order chi connectivity index (χ1) is 12.6. The van der Waals surface area contributed by atoms with Crippen molar-refractivity contribution in [3.8, 4) is 5.75 Å². The average Bonchev–Trinajstić information content (AvgIpc) is 2.59. The van der Waals surface area contributed by atoms with E-state index in [1.54, 1.807) is 12.1 Å². The fraction of sp³-hybridized carbons (Fsp3) is 0.444. The maximum absolute atomic E-state index is 12.3. The van der Waals surface area contributed by atoms with Crippen LogP contribution in [0.25, 0.3) is 0 Å². The van der Waals surface area contributed by atoms with Gasteiger partial charge in [0.2, 0.25) is 11.8 Å². The Balaban J connectivity index is 2.81. The number of nitrogens with one attached hydrogen (secondary N) is 2. The summed E-state index contributed by atoms with van der Waals surface area (Å²) in [6.45, 7) is 2.67. The van der Waals surface area contributed by atoms with E-state index >= 15 is 0 Å². The minimum atomic E-state index is -1.38. The molecule has 0 spiro atoms. The molecule has 1 aromatic rings. The van der Waals surface area contributed by atoms with Gasteiger partial charge in [-0.25, -0.2) is 9.59 Å². The van der Waals surface area contributed by atoms with Crippen molar-refractivity contribution in [3.05, 3.63) is 29.8 Å². The van der Waals surface area contributed by atoms with Crippen LogP contribution in [0, 0.1) is 0 Å². The second-order valence-electron chi connectivity index (χ2n) is 6.35. The summed E-state index contributed by atoms with van der Waals surface area (Å²) in [5.74, 6) is -2.92. The zero-order valence-electron chi connectivity index (χ0n) is 15.4. The smallest absolute Gasteiger partial charge is 0.331 e. The SMILES string of the molecule is COC(=O)[C@@](C)(Cc1ccc(O)cc1)NC(=O)CCC(NC(C)=O)C(=O)O. The Kier molecular flexibility index (Phi) is 7.77. The molecule has 0 radical (unpaired) electrons. The van der Waals surface area contributed by atoms with Gasteiger partial charge in [0, 0.05) is 19.8 Å². The van der Waals surface area contributed by atoms with E-state index in [1.165, 1.54) is 33.1 Å². The van der Waals surface area contributed by atoms with Crippen molar-refractivity contribution in [2.45, 2.75) is 44.7 Å². The van der Waals surface area contributed by atoms with Gasteiger partial charge in [0.25, 0.3) is 0 Å². The molecule has 27 heavy (non-hydrogen) atoms. The van der Waals surface area contributed by atoms with Gasteiger partial charge in [0.15, 0.2) is 0 Å². The van der Waals surface area contributed by atoms with Gasteiger partial charge in [-0.15, -0.1) is 0 Å². The number of benzene rings is 1. The summed E-state index contributed by atoms with van der Waals surface area (Å²) in [5, 5.41) is 23.2. The highest BCUT2D eigenvalue weighted by atomic mass is 16.5. The van der Waals surface area contributed by atoms with E-state index < -0.39 is 35.3 Å². The Hall–Kier alpha value is -3.10. The first kappa shape index (κ1) is 21.9. The summed E-state index contributed by atoms with van der Waals surface area (Å²) in [7, 11) is 1.20. The molecule has 0 bridgehead atoms. The van der Waals surface area contributed by atoms with E-state index in [1.807, 2.05) is 0 Å². The molecule has 9 nitrogen and oxygen atoms in total. The van der Waals surface area contributed by atoms with Crippen molar-refractivity contribution in [3.63, 3.8) is 0 Å². The van der Waals surface area contributed by atoms with Crippen molar-refractivity contribution in [2.75, 3.05) is 7.11 Å². The zero-order chi connectivity index (χ0) is 20.6. The van der Waals surface area contributed by atoms with Gasteiger partial charge < -0.3 is 25.6 Å². The Bertz CT molecular complexity index is 702. The van der Waals surface area contributed by atoms with Crippen molar-refractivity contribution in [1.29, 1.82) is 0 Å². The number of ether oxygens (including phenoxy) is 1. The van der Waals surface area contributed by atoms with Crippen LogP contribution in [0.4, 0.5) is 0 Å². The number of aliphatic carboxylic acids is 1. The lowest BCUT2D eigenvalue weighted by Gasteiger charge is -2.28. The molecule has 0 aliphatic heterocycles. The summed E-state index contributed by atoms with van der Waals surface area (Å²) in [6, 6.07) is 4.94. The highest BCUT2D eigenvalue weighted by Gasteiger charge is 2.36. The third-order valence-corrected chi connectivity index (χ3v) is 3.88. The molecule has 2 atom stereocenters. The fourth-order valence-corrected chi connectivity index (χ4v) is 2.56. The molecule has 0 aliphatic carbocycles. The number of carboxylic acid groups (broad SMARTS) is 1. The van der Waals surface area contributed by atoms with Crippen LogP contribution >= 0.6 is 0 Å². The molecular weight excluding hydrogens is 356 g/mol. The Morgan fingerprint density at radius 3 is 2.26 bits per heavy atom. The highest BCUT2D eigenvalue weighted by Crippen LogP contribution is 2.18. The number of phenols is 1. The molecule has 4 N–H and O–H groups in total. The molecule has 0 fully saturated rings. The standard InChI is InChI=1S/C18H24N2O7/c1-11(21)19-14(16(24)25)8-9-15(23)20-18(2,17(26)27-3)10-12-4-6-13(22)7-5-12/h4-7,14,22H,8-10H2,1-3H3,(H,19,21)(H,20,23)(H,24,25)/t14?,18-/m1/s1. The van der Waals surface area contributed by atoms with Gasteiger partial charge in [-0.05, 0) is 31.0 Å². The topological polar surface area (TPSA) is 142 Å². The maximum Gasteiger partial charge on any atom is 0.331 e. The van der Waals surface area contributed by atoms with Gasteiger partial charge in [-0.1, -0.05) is 12.1 Å². The van der Waals surface area contributed by atoms with E-state index in [-0.39, 0.29) is 25.0 Å². The van der Waals surface area contributed by atoms with E-state index in [0.717, 1.165) is 0 Å². The number of carboxylic acids is 1. The average molecular weight is 380 g/mol. The molecular formula is C18H24N2O7. The van der Waals surface area contributed by atoms with Crippen LogP contribution in [-0.2, 0) is 30.3 Å². The number of aromatic hydroxyl groups is 1. The molecule has 0 aromatic heterocycles. The van der Waals surface area contributed by atoms with Crippen LogP contribution in [-0.4, -0.2) is 52.7 Å². The number of hydrogen-bond acceptors (Lipinski definition) is 6. The highest BCUT2D eigenvalue weighted by molar-refractivity contribution is 5.88. The largest absolute Gasteiger partial charge is 0.508 e. The molecule has 0 aliphatic rings. The van der Waals surface area contributed by atoms with Crippen LogP contribution in [0.2, 0.25) is 0 Å². The molecule has 1 rings (SSSR count). The van der Waals surface area contributed by atoms with Crippen LogP contribution in [0.1, 0.15) is 32.3 Å². The second kappa shape index (κ2) is 9.56. The monoisotopic (exact) mass is 380 g/mol. The zero-order valence-corrected chi connectivity index (χ0v) is 15.4. The minimum absolute atomic E-state index is 0.0697. The van der Waals surface area contributed by atoms with E-state index in [2.05, 4.69) is 10.6 Å². The predicted molar refractivity (Wildman–Crippen MR) is 94.8 cm³/mol. The van der Waals surface area contributed by atoms with Crippen LogP contribution < -0.4 is 10.6 Å². The van der Waals surface area contributed by atoms with Crippen LogP contribution in [0.5, 0.6) is 5.75 Å². The number of carbonyl (C=O) groups is 4. The van der Waals surface area contributed by atoms with Crippen molar-refractivity contribution >= 4 is 23.8 Å². The van der Waals surface area contributed by atoms with E-state index in [4.69, 9.17) is 9.84 Å². The molecule has 9 heteroatoms. The van der Waals surface area contributed by atoms with Gasteiger partial charge in [0.05, 0.1) is 7.11 Å². The summed E-state index contributed by atoms with van der Waals surface area (Å²) in [6.07, 6.45) is -0.226. The van der Waals surface area contributed by atoms with Gasteiger partial charge >= 0.3 is 11.9 Å². The lowest BCUT2D eigenvalue weighted by Crippen LogP contribution is -2.54. The van der Waals surface area contributed by atoms with E-state index in [0.29, 0.717) is 5.56 Å². The van der Waals surface area contributed by atoms with Gasteiger partial charge in [-0.3, -0.25) is 9.59 Å². The number of methoxy groups -OCH3 is 1. The third-order valence-electron chi connectivity index (χ3n) is 3.88. The van der Waals surface area contributed by atoms with Crippen molar-refractivity contribution in [2.24, 2.45) is 0 Å². The maximum atomic E-state index is 12.3. The molecule has 148 valence electrons. The first-order valence-electron chi connectivity index (χ1n) is 8.24. The Labute approximate surface area is 156 Å². The molecule has 0 heterocycles. The van der Waals surface area contributed by atoms with E-state index in [9.17, 15) is 24.3 Å². The molecule has 1 unspecified atom stereocenters. The normalized spacial score (nSPS) is 13.7. The van der Waals surface area contributed by atoms with Crippen LogP contribution in [0.15, 0.2) is 24.3 Å².